The third-order valence-electron chi connectivity index (χ3n) is 17.2. The van der Waals surface area contributed by atoms with Crippen LogP contribution in [-0.2, 0) is 52.2 Å². The van der Waals surface area contributed by atoms with Crippen LogP contribution < -0.4 is 0 Å². The van der Waals surface area contributed by atoms with Crippen LogP contribution >= 0.6 is 0 Å². The minimum Gasteiger partial charge on any atom is -0.460 e. The highest BCUT2D eigenvalue weighted by atomic mass is 16.8. The number of methoxy groups -OCH3 is 1. The maximum Gasteiger partial charge on any atom is 0.330 e. The number of esters is 2. The van der Waals surface area contributed by atoms with E-state index in [1.165, 1.54) is 13.2 Å². The Balaban J connectivity index is 0.985. The molecule has 8 rings (SSSR count). The molecule has 4 aliphatic carbocycles. The Labute approximate surface area is 451 Å². The lowest BCUT2D eigenvalue weighted by Gasteiger charge is -2.51. The summed E-state index contributed by atoms with van der Waals surface area (Å²) in [6.45, 7) is -2.00. The van der Waals surface area contributed by atoms with Crippen molar-refractivity contribution in [2.75, 3.05) is 26.9 Å². The third kappa shape index (κ3) is 14.8. The predicted molar refractivity (Wildman–Crippen MR) is 261 cm³/mol. The van der Waals surface area contributed by atoms with Crippen molar-refractivity contribution >= 4 is 11.9 Å². The van der Waals surface area contributed by atoms with Gasteiger partial charge in [-0.05, 0) is 82.5 Å². The van der Waals surface area contributed by atoms with Crippen molar-refractivity contribution in [1.29, 1.82) is 0 Å². The van der Waals surface area contributed by atoms with E-state index in [0.717, 1.165) is 6.08 Å². The first-order chi connectivity index (χ1) is 37.2. The Morgan fingerprint density at radius 2 is 1.05 bits per heavy atom. The second kappa shape index (κ2) is 27.7. The molecule has 27 unspecified atom stereocenters. The van der Waals surface area contributed by atoms with E-state index < -0.39 is 191 Å². The van der Waals surface area contributed by atoms with E-state index >= 15 is 0 Å². The third-order valence-corrected chi connectivity index (χ3v) is 17.2. The lowest BCUT2D eigenvalue weighted by Crippen LogP contribution is -2.66. The van der Waals surface area contributed by atoms with Crippen LogP contribution in [0.3, 0.4) is 0 Å². The van der Waals surface area contributed by atoms with Crippen LogP contribution in [-0.4, -0.2) is 268 Å². The molecule has 0 aromatic rings. The number of aliphatic hydroxyl groups excluding tert-OH is 14. The molecule has 446 valence electrons. The van der Waals surface area contributed by atoms with Gasteiger partial charge < -0.3 is 119 Å². The zero-order valence-corrected chi connectivity index (χ0v) is 43.6. The summed E-state index contributed by atoms with van der Waals surface area (Å²) in [5.41, 5.74) is 0. The van der Waals surface area contributed by atoms with Gasteiger partial charge in [0, 0.05) is 38.0 Å². The van der Waals surface area contributed by atoms with Gasteiger partial charge in [0.05, 0.1) is 55.3 Å². The van der Waals surface area contributed by atoms with Crippen LogP contribution in [0, 0.1) is 23.7 Å². The second-order valence-electron chi connectivity index (χ2n) is 22.6. The van der Waals surface area contributed by atoms with Crippen LogP contribution in [0.1, 0.15) is 83.5 Å². The lowest BCUT2D eigenvalue weighted by molar-refractivity contribution is -0.390. The molecule has 78 heavy (non-hydrogen) atoms. The van der Waals surface area contributed by atoms with E-state index in [2.05, 4.69) is 0 Å². The van der Waals surface area contributed by atoms with E-state index in [0.29, 0.717) is 57.8 Å². The zero-order chi connectivity index (χ0) is 56.1. The summed E-state index contributed by atoms with van der Waals surface area (Å²) in [4.78, 5) is 25.5. The summed E-state index contributed by atoms with van der Waals surface area (Å²) < 4.78 is 58.7. The Morgan fingerprint density at radius 3 is 1.65 bits per heavy atom. The topological polar surface area (TPSA) is 413 Å². The molecule has 4 heterocycles. The predicted octanol–water partition coefficient (Wildman–Crippen LogP) is -4.92. The summed E-state index contributed by atoms with van der Waals surface area (Å²) in [6, 6.07) is 0. The smallest absolute Gasteiger partial charge is 0.330 e. The lowest BCUT2D eigenvalue weighted by atomic mass is 9.72. The number of carbonyl (C=O) groups is 2. The second-order valence-corrected chi connectivity index (χ2v) is 22.6. The fourth-order valence-electron chi connectivity index (χ4n) is 12.5. The number of carbonyl (C=O) groups excluding carboxylic acids is 2. The molecule has 0 radical (unpaired) electrons. The van der Waals surface area contributed by atoms with Gasteiger partial charge >= 0.3 is 11.9 Å². The summed E-state index contributed by atoms with van der Waals surface area (Å²) in [5, 5.41) is 151. The van der Waals surface area contributed by atoms with E-state index in [9.17, 15) is 81.1 Å². The highest BCUT2D eigenvalue weighted by Gasteiger charge is 2.58. The molecule has 8 fully saturated rings. The van der Waals surface area contributed by atoms with Gasteiger partial charge in [0.2, 0.25) is 0 Å². The van der Waals surface area contributed by atoms with Crippen LogP contribution in [0.25, 0.3) is 0 Å². The first-order valence-corrected chi connectivity index (χ1v) is 27.5. The molecular formula is C52H83O26+. The monoisotopic (exact) mass is 1120 g/mol. The van der Waals surface area contributed by atoms with Crippen molar-refractivity contribution in [2.24, 2.45) is 23.7 Å². The molecule has 15 N–H and O–H groups in total. The van der Waals surface area contributed by atoms with E-state index in [4.69, 9.17) is 47.4 Å². The molecule has 4 aliphatic heterocycles. The normalized spacial score (nSPS) is 48.6. The maximum absolute atomic E-state index is 12.8. The number of fused-ring (bicyclic) bond motifs is 1. The van der Waals surface area contributed by atoms with Gasteiger partial charge in [-0.3, -0.25) is 0 Å². The number of allylic oxidation sites excluding steroid dienone is 2. The number of aliphatic hydroxyl groups is 16. The highest BCUT2D eigenvalue weighted by Crippen LogP contribution is 2.45. The summed E-state index contributed by atoms with van der Waals surface area (Å²) in [7, 11) is 1.47. The first-order valence-electron chi connectivity index (χ1n) is 27.5. The average molecular weight is 1120 g/mol. The summed E-state index contributed by atoms with van der Waals surface area (Å²) in [6.07, 6.45) is -23.7. The Bertz CT molecular complexity index is 1960. The molecule has 0 spiro atoms. The molecule has 0 aromatic heterocycles. The standard InChI is InChI=1S/C52H82O26/c1-69-33-15-24(7-11-29(33)57)48-34(18-27-31(72-48)16-26(55)17-32(27)73-50-46(67)43(64)41(62)36(76-50)20-71-39(60)13-6-23-4-10-28(56)30(58)14-23)74-52-49(45(66)40(61)35(19-53)75-52)78-51-47(68)44(65)42(63)37(77-51)21-70-38(59)12-5-22-2-8-25(54)9-3-22/h5-6,12-13,22-37,40-58,61-68H,2-4,7-11,14-21H2,1H3/p+1. The van der Waals surface area contributed by atoms with Gasteiger partial charge in [0.25, 0.3) is 0 Å². The van der Waals surface area contributed by atoms with Gasteiger partial charge in [0.1, 0.15) is 92.6 Å². The van der Waals surface area contributed by atoms with Crippen molar-refractivity contribution in [1.82, 2.24) is 0 Å². The Kier molecular flexibility index (Phi) is 21.9. The summed E-state index contributed by atoms with van der Waals surface area (Å²) >= 11 is 0. The Morgan fingerprint density at radius 1 is 0.500 bits per heavy atom. The molecule has 27 atom stereocenters. The largest absolute Gasteiger partial charge is 0.460 e. The molecule has 26 heteroatoms. The van der Waals surface area contributed by atoms with Gasteiger partial charge in [0.15, 0.2) is 31.1 Å². The minimum atomic E-state index is -1.99. The molecule has 4 saturated carbocycles. The van der Waals surface area contributed by atoms with Crippen LogP contribution in [0.4, 0.5) is 0 Å². The fraction of sp³-hybridized carbons (Fsp3) is 0.885. The van der Waals surface area contributed by atoms with Gasteiger partial charge in [-0.1, -0.05) is 12.2 Å². The van der Waals surface area contributed by atoms with E-state index in [1.54, 1.807) is 12.2 Å². The van der Waals surface area contributed by atoms with Crippen LogP contribution in [0.5, 0.6) is 0 Å². The highest BCUT2D eigenvalue weighted by molar-refractivity contribution is 5.82. The van der Waals surface area contributed by atoms with E-state index in [1.807, 2.05) is 0 Å². The summed E-state index contributed by atoms with van der Waals surface area (Å²) in [5.74, 6) is -2.74. The molecule has 26 nitrogen and oxygen atoms in total. The van der Waals surface area contributed by atoms with Gasteiger partial charge in [-0.2, -0.15) is 0 Å². The molecule has 4 saturated heterocycles. The van der Waals surface area contributed by atoms with Crippen molar-refractivity contribution in [3.63, 3.8) is 0 Å². The van der Waals surface area contributed by atoms with E-state index in [-0.39, 0.29) is 43.4 Å². The number of hydrogen-bond donors (Lipinski definition) is 14. The average Bonchev–Trinajstić information content (AvgIpc) is 3.53. The quantitative estimate of drug-likeness (QED) is 0.0369. The van der Waals surface area contributed by atoms with Crippen molar-refractivity contribution in [3.8, 4) is 0 Å². The van der Waals surface area contributed by atoms with Crippen LogP contribution in [0.2, 0.25) is 0 Å². The number of ether oxygens (including phenoxy) is 10. The van der Waals surface area contributed by atoms with Crippen molar-refractivity contribution < 1.29 is 128 Å². The SMILES string of the molecule is COC1CC(C2[OH+]C3CC(O)CC(OC4OC(COC(=O)C=CC5CCC(O)C(O)C5)C(O)C(O)C4O)C3CC2OC2OC(CO)C(O)C(O)C2OC2OC(COC(=O)C=CC3CCC(O)CC3)C(O)C(O)C2O)CCC1O. The van der Waals surface area contributed by atoms with Crippen LogP contribution in [0.15, 0.2) is 24.3 Å². The molecule has 0 bridgehead atoms. The van der Waals surface area contributed by atoms with Gasteiger partial charge in [-0.15, -0.1) is 0 Å². The fourth-order valence-corrected chi connectivity index (χ4v) is 12.5. The Hall–Kier alpha value is -2.46. The molecule has 0 aromatic carbocycles. The minimum absolute atomic E-state index is 0.0372. The van der Waals surface area contributed by atoms with Gasteiger partial charge in [-0.25, -0.2) is 9.59 Å². The first kappa shape index (κ1) is 61.6. The molecular weight excluding hydrogens is 1040 g/mol. The molecule has 0 amide bonds. The number of rotatable bonds is 17. The van der Waals surface area contributed by atoms with Crippen molar-refractivity contribution in [3.05, 3.63) is 24.3 Å². The number of hydrogen-bond acceptors (Lipinski definition) is 25. The zero-order valence-electron chi connectivity index (χ0n) is 43.6. The van der Waals surface area contributed by atoms with Crippen molar-refractivity contribution in [2.45, 2.75) is 237 Å². The molecule has 8 aliphatic rings. The maximum atomic E-state index is 12.8.